The second kappa shape index (κ2) is 8.82. The van der Waals surface area contributed by atoms with Crippen LogP contribution in [0.3, 0.4) is 0 Å². The number of carbonyl (C=O) groups is 2. The third-order valence-electron chi connectivity index (χ3n) is 3.60. The van der Waals surface area contributed by atoms with Crippen molar-refractivity contribution in [3.05, 3.63) is 65.5 Å². The predicted octanol–water partition coefficient (Wildman–Crippen LogP) is 2.61. The lowest BCUT2D eigenvalue weighted by atomic mass is 10.1. The molecule has 0 saturated heterocycles. The summed E-state index contributed by atoms with van der Waals surface area (Å²) in [5.41, 5.74) is 1.49. The molecule has 25 heavy (non-hydrogen) atoms. The predicted molar refractivity (Wildman–Crippen MR) is 92.8 cm³/mol. The lowest BCUT2D eigenvalue weighted by Crippen LogP contribution is -2.30. The Morgan fingerprint density at radius 1 is 1.08 bits per heavy atom. The molecule has 0 aromatic heterocycles. The highest BCUT2D eigenvalue weighted by molar-refractivity contribution is 5.94. The van der Waals surface area contributed by atoms with E-state index in [2.05, 4.69) is 5.32 Å². The largest absolute Gasteiger partial charge is 0.492 e. The van der Waals surface area contributed by atoms with E-state index in [1.54, 1.807) is 36.2 Å². The number of likely N-dealkylation sites (N-methyl/N-ethyl adjacent to an activating group) is 1. The molecule has 0 unspecified atom stereocenters. The van der Waals surface area contributed by atoms with Gasteiger partial charge in [-0.2, -0.15) is 0 Å². The summed E-state index contributed by atoms with van der Waals surface area (Å²) in [6.07, 6.45) is 0. The molecule has 0 fully saturated rings. The highest BCUT2D eigenvalue weighted by atomic mass is 19.1. The van der Waals surface area contributed by atoms with Crippen molar-refractivity contribution in [2.75, 3.05) is 20.2 Å². The van der Waals surface area contributed by atoms with Crippen LogP contribution in [0.4, 0.5) is 4.39 Å². The van der Waals surface area contributed by atoms with Crippen LogP contribution in [0.25, 0.3) is 0 Å². The highest BCUT2D eigenvalue weighted by Gasteiger charge is 2.11. The molecule has 6 heteroatoms. The minimum atomic E-state index is -0.318. The van der Waals surface area contributed by atoms with E-state index in [0.29, 0.717) is 31.0 Å². The lowest BCUT2D eigenvalue weighted by molar-refractivity contribution is -0.119. The molecule has 2 amide bonds. The number of amides is 2. The minimum absolute atomic E-state index is 0.0963. The van der Waals surface area contributed by atoms with Crippen molar-refractivity contribution in [3.8, 4) is 5.75 Å². The van der Waals surface area contributed by atoms with Gasteiger partial charge in [-0.1, -0.05) is 12.1 Å². The Kier molecular flexibility index (Phi) is 6.51. The van der Waals surface area contributed by atoms with E-state index < -0.39 is 0 Å². The average Bonchev–Trinajstić information content (AvgIpc) is 2.61. The Morgan fingerprint density at radius 3 is 2.32 bits per heavy atom. The molecule has 0 bridgehead atoms. The van der Waals surface area contributed by atoms with E-state index in [0.717, 1.165) is 5.56 Å². The van der Waals surface area contributed by atoms with E-state index in [1.807, 2.05) is 12.1 Å². The fraction of sp³-hybridized carbons (Fsp3) is 0.263. The molecule has 2 aromatic rings. The van der Waals surface area contributed by atoms with Crippen LogP contribution in [-0.2, 0) is 11.3 Å². The standard InChI is InChI=1S/C19H21FN2O3/c1-14(23)21-13-15-3-5-16(6-4-15)19(24)22(2)11-12-25-18-9-7-17(20)8-10-18/h3-10H,11-13H2,1-2H3,(H,21,23). The van der Waals surface area contributed by atoms with Crippen LogP contribution in [0.15, 0.2) is 48.5 Å². The van der Waals surface area contributed by atoms with Crippen LogP contribution >= 0.6 is 0 Å². The maximum atomic E-state index is 12.8. The Bertz CT molecular complexity index is 714. The quantitative estimate of drug-likeness (QED) is 0.840. The van der Waals surface area contributed by atoms with Gasteiger partial charge in [-0.05, 0) is 42.0 Å². The molecule has 5 nitrogen and oxygen atoms in total. The Morgan fingerprint density at radius 2 is 1.72 bits per heavy atom. The summed E-state index contributed by atoms with van der Waals surface area (Å²) in [5.74, 6) is 0.0287. The average molecular weight is 344 g/mol. The van der Waals surface area contributed by atoms with Crippen molar-refractivity contribution >= 4 is 11.8 Å². The summed E-state index contributed by atoms with van der Waals surface area (Å²) in [7, 11) is 1.70. The maximum Gasteiger partial charge on any atom is 0.253 e. The van der Waals surface area contributed by atoms with Gasteiger partial charge in [-0.25, -0.2) is 4.39 Å². The van der Waals surface area contributed by atoms with Crippen LogP contribution in [0.5, 0.6) is 5.75 Å². The summed E-state index contributed by atoms with van der Waals surface area (Å²) < 4.78 is 18.3. The van der Waals surface area contributed by atoms with Crippen molar-refractivity contribution in [3.63, 3.8) is 0 Å². The van der Waals surface area contributed by atoms with E-state index in [9.17, 15) is 14.0 Å². The van der Waals surface area contributed by atoms with Gasteiger partial charge in [0.15, 0.2) is 0 Å². The van der Waals surface area contributed by atoms with Crippen LogP contribution < -0.4 is 10.1 Å². The normalized spacial score (nSPS) is 10.2. The number of carbonyl (C=O) groups excluding carboxylic acids is 2. The van der Waals surface area contributed by atoms with Crippen LogP contribution in [-0.4, -0.2) is 36.9 Å². The van der Waals surface area contributed by atoms with Crippen molar-refractivity contribution in [2.45, 2.75) is 13.5 Å². The molecule has 0 aliphatic carbocycles. The van der Waals surface area contributed by atoms with Gasteiger partial charge in [0, 0.05) is 26.1 Å². The van der Waals surface area contributed by atoms with E-state index in [4.69, 9.17) is 4.74 Å². The number of nitrogens with one attached hydrogen (secondary N) is 1. The first-order valence-corrected chi connectivity index (χ1v) is 7.93. The summed E-state index contributed by atoms with van der Waals surface area (Å²) in [5, 5.41) is 2.71. The molecule has 0 spiro atoms. The fourth-order valence-electron chi connectivity index (χ4n) is 2.14. The number of ether oxygens (including phenoxy) is 1. The maximum absolute atomic E-state index is 12.8. The molecule has 1 N–H and O–H groups in total. The number of rotatable bonds is 7. The molecule has 0 saturated carbocycles. The van der Waals surface area contributed by atoms with E-state index >= 15 is 0 Å². The van der Waals surface area contributed by atoms with Gasteiger partial charge in [0.25, 0.3) is 5.91 Å². The minimum Gasteiger partial charge on any atom is -0.492 e. The van der Waals surface area contributed by atoms with Gasteiger partial charge < -0.3 is 15.0 Å². The van der Waals surface area contributed by atoms with Crippen LogP contribution in [0, 0.1) is 5.82 Å². The SMILES string of the molecule is CC(=O)NCc1ccc(C(=O)N(C)CCOc2ccc(F)cc2)cc1. The molecule has 0 radical (unpaired) electrons. The Balaban J connectivity index is 1.82. The Labute approximate surface area is 146 Å². The van der Waals surface area contributed by atoms with Crippen molar-refractivity contribution in [1.82, 2.24) is 10.2 Å². The van der Waals surface area contributed by atoms with Crippen LogP contribution in [0.2, 0.25) is 0 Å². The number of nitrogens with zero attached hydrogens (tertiary/aromatic N) is 1. The first-order valence-electron chi connectivity index (χ1n) is 7.93. The monoisotopic (exact) mass is 344 g/mol. The first kappa shape index (κ1) is 18.4. The topological polar surface area (TPSA) is 58.6 Å². The molecule has 0 aliphatic heterocycles. The second-order valence-electron chi connectivity index (χ2n) is 5.64. The van der Waals surface area contributed by atoms with Crippen molar-refractivity contribution in [2.24, 2.45) is 0 Å². The lowest BCUT2D eigenvalue weighted by Gasteiger charge is -2.18. The summed E-state index contributed by atoms with van der Waals surface area (Å²) in [6, 6.07) is 12.8. The zero-order chi connectivity index (χ0) is 18.2. The van der Waals surface area contributed by atoms with Crippen LogP contribution in [0.1, 0.15) is 22.8 Å². The Hall–Kier alpha value is -2.89. The van der Waals surface area contributed by atoms with Gasteiger partial charge in [-0.3, -0.25) is 9.59 Å². The van der Waals surface area contributed by atoms with E-state index in [1.165, 1.54) is 19.1 Å². The molecule has 0 atom stereocenters. The van der Waals surface area contributed by atoms with Crippen molar-refractivity contribution in [1.29, 1.82) is 0 Å². The third-order valence-corrected chi connectivity index (χ3v) is 3.60. The molecule has 2 aromatic carbocycles. The van der Waals surface area contributed by atoms with Gasteiger partial charge in [0.1, 0.15) is 18.2 Å². The molecule has 0 heterocycles. The molecule has 132 valence electrons. The van der Waals surface area contributed by atoms with Gasteiger partial charge >= 0.3 is 0 Å². The third kappa shape index (κ3) is 5.91. The molecular weight excluding hydrogens is 323 g/mol. The van der Waals surface area contributed by atoms with Crippen molar-refractivity contribution < 1.29 is 18.7 Å². The molecular formula is C19H21FN2O3. The summed E-state index contributed by atoms with van der Waals surface area (Å²) in [4.78, 5) is 24.8. The number of benzene rings is 2. The summed E-state index contributed by atoms with van der Waals surface area (Å²) >= 11 is 0. The molecule has 0 aliphatic rings. The first-order chi connectivity index (χ1) is 12.0. The number of hydrogen-bond acceptors (Lipinski definition) is 3. The van der Waals surface area contributed by atoms with Gasteiger partial charge in [0.05, 0.1) is 6.54 Å². The number of halogens is 1. The fourth-order valence-corrected chi connectivity index (χ4v) is 2.14. The smallest absolute Gasteiger partial charge is 0.253 e. The summed E-state index contributed by atoms with van der Waals surface area (Å²) in [6.45, 7) is 2.62. The van der Waals surface area contributed by atoms with Gasteiger partial charge in [-0.15, -0.1) is 0 Å². The highest BCUT2D eigenvalue weighted by Crippen LogP contribution is 2.11. The van der Waals surface area contributed by atoms with E-state index in [-0.39, 0.29) is 17.6 Å². The number of hydrogen-bond donors (Lipinski definition) is 1. The second-order valence-corrected chi connectivity index (χ2v) is 5.64. The zero-order valence-electron chi connectivity index (χ0n) is 14.3. The molecule has 2 rings (SSSR count). The van der Waals surface area contributed by atoms with Gasteiger partial charge in [0.2, 0.25) is 5.91 Å². The zero-order valence-corrected chi connectivity index (χ0v) is 14.3.